The average Bonchev–Trinajstić information content (AvgIpc) is 2.81. The standard InChI is InChI=1S/C22H22F3N5O2/c1-2-15-22(32)28-19-16(27-15)5-3-13(18(19)23)11-29-7-9-30(10-8-29)17-6-4-14(12-31)26-20(17)21(24)25/h3-6,12,21H,2,7-11H2,1H3,(H,28,32). The zero-order valence-electron chi connectivity index (χ0n) is 17.4. The number of carbonyl (C=O) groups is 1. The third-order valence-electron chi connectivity index (χ3n) is 5.65. The maximum absolute atomic E-state index is 15.0. The van der Waals surface area contributed by atoms with Crippen LogP contribution in [0.5, 0.6) is 0 Å². The molecule has 1 aliphatic heterocycles. The molecular weight excluding hydrogens is 423 g/mol. The third kappa shape index (κ3) is 4.22. The molecule has 1 fully saturated rings. The highest BCUT2D eigenvalue weighted by atomic mass is 19.3. The van der Waals surface area contributed by atoms with Crippen LogP contribution in [-0.4, -0.2) is 52.3 Å². The quantitative estimate of drug-likeness (QED) is 0.588. The van der Waals surface area contributed by atoms with Gasteiger partial charge in [-0.2, -0.15) is 0 Å². The Kier molecular flexibility index (Phi) is 6.22. The number of benzene rings is 1. The molecule has 4 rings (SSSR count). The first kappa shape index (κ1) is 21.9. The van der Waals surface area contributed by atoms with E-state index in [0.29, 0.717) is 67.9 Å². The summed E-state index contributed by atoms with van der Waals surface area (Å²) in [4.78, 5) is 37.3. The van der Waals surface area contributed by atoms with Crippen LogP contribution in [-0.2, 0) is 13.0 Å². The fourth-order valence-electron chi connectivity index (χ4n) is 3.93. The van der Waals surface area contributed by atoms with Crippen LogP contribution in [0.15, 0.2) is 29.1 Å². The number of aromatic amines is 1. The first-order valence-corrected chi connectivity index (χ1v) is 10.3. The van der Waals surface area contributed by atoms with Gasteiger partial charge in [-0.1, -0.05) is 13.0 Å². The molecule has 0 saturated carbocycles. The van der Waals surface area contributed by atoms with Crippen LogP contribution in [0, 0.1) is 5.82 Å². The number of aromatic nitrogens is 3. The number of rotatable bonds is 6. The summed E-state index contributed by atoms with van der Waals surface area (Å²) < 4.78 is 41.9. The van der Waals surface area contributed by atoms with Crippen molar-refractivity contribution in [2.75, 3.05) is 31.1 Å². The van der Waals surface area contributed by atoms with Crippen LogP contribution in [0.2, 0.25) is 0 Å². The highest BCUT2D eigenvalue weighted by Gasteiger charge is 2.24. The molecule has 3 aromatic rings. The zero-order chi connectivity index (χ0) is 22.8. The van der Waals surface area contributed by atoms with Crippen molar-refractivity contribution < 1.29 is 18.0 Å². The van der Waals surface area contributed by atoms with Gasteiger partial charge in [-0.3, -0.25) is 14.5 Å². The lowest BCUT2D eigenvalue weighted by Crippen LogP contribution is -2.46. The highest BCUT2D eigenvalue weighted by Crippen LogP contribution is 2.29. The molecule has 0 spiro atoms. The first-order valence-electron chi connectivity index (χ1n) is 10.3. The Bertz CT molecular complexity index is 1210. The second-order valence-corrected chi connectivity index (χ2v) is 7.62. The number of aldehydes is 1. The number of aryl methyl sites for hydroxylation is 1. The Morgan fingerprint density at radius 3 is 2.53 bits per heavy atom. The summed E-state index contributed by atoms with van der Waals surface area (Å²) >= 11 is 0. The lowest BCUT2D eigenvalue weighted by molar-refractivity contribution is 0.111. The van der Waals surface area contributed by atoms with Gasteiger partial charge in [0.15, 0.2) is 12.1 Å². The number of hydrogen-bond acceptors (Lipinski definition) is 6. The second-order valence-electron chi connectivity index (χ2n) is 7.62. The van der Waals surface area contributed by atoms with Gasteiger partial charge in [0.05, 0.1) is 11.2 Å². The highest BCUT2D eigenvalue weighted by molar-refractivity contribution is 5.76. The van der Waals surface area contributed by atoms with Crippen molar-refractivity contribution >= 4 is 23.0 Å². The van der Waals surface area contributed by atoms with Crippen LogP contribution in [0.1, 0.15) is 40.8 Å². The van der Waals surface area contributed by atoms with E-state index in [1.165, 1.54) is 12.1 Å². The number of nitrogens with zero attached hydrogens (tertiary/aromatic N) is 4. The van der Waals surface area contributed by atoms with Gasteiger partial charge >= 0.3 is 0 Å². The average molecular weight is 445 g/mol. The van der Waals surface area contributed by atoms with Crippen molar-refractivity contribution in [2.24, 2.45) is 0 Å². The van der Waals surface area contributed by atoms with E-state index in [9.17, 15) is 18.4 Å². The molecule has 0 amide bonds. The number of fused-ring (bicyclic) bond motifs is 1. The van der Waals surface area contributed by atoms with E-state index in [2.05, 4.69) is 15.0 Å². The van der Waals surface area contributed by atoms with Gasteiger partial charge in [-0.15, -0.1) is 0 Å². The largest absolute Gasteiger partial charge is 0.367 e. The molecule has 0 atom stereocenters. The number of halogens is 3. The van der Waals surface area contributed by atoms with Crippen LogP contribution >= 0.6 is 0 Å². The summed E-state index contributed by atoms with van der Waals surface area (Å²) in [7, 11) is 0. The minimum Gasteiger partial charge on any atom is -0.367 e. The maximum atomic E-state index is 15.0. The number of carbonyl (C=O) groups excluding carboxylic acids is 1. The zero-order valence-corrected chi connectivity index (χ0v) is 17.4. The summed E-state index contributed by atoms with van der Waals surface area (Å²) in [5.41, 5.74) is 0.743. The summed E-state index contributed by atoms with van der Waals surface area (Å²) in [5, 5.41) is 0. The molecule has 1 saturated heterocycles. The van der Waals surface area contributed by atoms with Crippen molar-refractivity contribution in [1.82, 2.24) is 19.9 Å². The Morgan fingerprint density at radius 2 is 1.88 bits per heavy atom. The number of alkyl halides is 2. The van der Waals surface area contributed by atoms with Crippen molar-refractivity contribution in [3.8, 4) is 0 Å². The number of anilines is 1. The van der Waals surface area contributed by atoms with E-state index in [0.717, 1.165) is 0 Å². The lowest BCUT2D eigenvalue weighted by Gasteiger charge is -2.36. The van der Waals surface area contributed by atoms with Crippen molar-refractivity contribution in [2.45, 2.75) is 26.3 Å². The monoisotopic (exact) mass is 445 g/mol. The SMILES string of the molecule is CCc1nc2ccc(CN3CCN(c4ccc(C=O)nc4C(F)F)CC3)c(F)c2[nH]c1=O. The van der Waals surface area contributed by atoms with Crippen molar-refractivity contribution in [3.63, 3.8) is 0 Å². The molecule has 1 N–H and O–H groups in total. The topological polar surface area (TPSA) is 82.2 Å². The molecule has 1 aromatic carbocycles. The number of hydrogen-bond donors (Lipinski definition) is 1. The molecular formula is C22H22F3N5O2. The molecule has 0 bridgehead atoms. The first-order chi connectivity index (χ1) is 15.4. The van der Waals surface area contributed by atoms with E-state index in [4.69, 9.17) is 0 Å². The summed E-state index contributed by atoms with van der Waals surface area (Å²) in [6.07, 6.45) is -1.89. The Labute approximate surface area is 181 Å². The van der Waals surface area contributed by atoms with Crippen LogP contribution < -0.4 is 10.5 Å². The number of H-pyrrole nitrogens is 1. The minimum absolute atomic E-state index is 0.0342. The molecule has 7 nitrogen and oxygen atoms in total. The van der Waals surface area contributed by atoms with E-state index < -0.39 is 23.5 Å². The number of nitrogens with one attached hydrogen (secondary N) is 1. The fraction of sp³-hybridized carbons (Fsp3) is 0.364. The molecule has 2 aromatic heterocycles. The van der Waals surface area contributed by atoms with Gasteiger partial charge < -0.3 is 9.88 Å². The molecule has 32 heavy (non-hydrogen) atoms. The molecule has 0 radical (unpaired) electrons. The molecule has 1 aliphatic rings. The van der Waals surface area contributed by atoms with E-state index in [-0.39, 0.29) is 11.2 Å². The molecule has 0 aliphatic carbocycles. The Hall–Kier alpha value is -3.27. The number of pyridine rings is 1. The van der Waals surface area contributed by atoms with E-state index in [1.807, 2.05) is 11.8 Å². The van der Waals surface area contributed by atoms with Crippen LogP contribution in [0.3, 0.4) is 0 Å². The molecule has 168 valence electrons. The van der Waals surface area contributed by atoms with Crippen LogP contribution in [0.25, 0.3) is 11.0 Å². The van der Waals surface area contributed by atoms with Gasteiger partial charge in [-0.25, -0.2) is 23.1 Å². The van der Waals surface area contributed by atoms with Crippen molar-refractivity contribution in [1.29, 1.82) is 0 Å². The van der Waals surface area contributed by atoms with Gasteiger partial charge in [0.25, 0.3) is 12.0 Å². The normalized spacial score (nSPS) is 15.0. The maximum Gasteiger partial charge on any atom is 0.282 e. The molecule has 3 heterocycles. The smallest absolute Gasteiger partial charge is 0.282 e. The van der Waals surface area contributed by atoms with Gasteiger partial charge in [0.1, 0.15) is 22.6 Å². The Balaban J connectivity index is 1.49. The molecule has 10 heteroatoms. The fourth-order valence-corrected chi connectivity index (χ4v) is 3.93. The Morgan fingerprint density at radius 1 is 1.12 bits per heavy atom. The van der Waals surface area contributed by atoms with Gasteiger partial charge in [-0.05, 0) is 24.6 Å². The minimum atomic E-state index is -2.79. The van der Waals surface area contributed by atoms with Gasteiger partial charge in [0.2, 0.25) is 0 Å². The summed E-state index contributed by atoms with van der Waals surface area (Å²) in [5.74, 6) is -0.508. The van der Waals surface area contributed by atoms with Gasteiger partial charge in [0, 0.05) is 38.3 Å². The van der Waals surface area contributed by atoms with E-state index >= 15 is 4.39 Å². The van der Waals surface area contributed by atoms with Crippen LogP contribution in [0.4, 0.5) is 18.9 Å². The second kappa shape index (κ2) is 9.07. The molecule has 0 unspecified atom stereocenters. The summed E-state index contributed by atoms with van der Waals surface area (Å²) in [6, 6.07) is 6.26. The predicted molar refractivity (Wildman–Crippen MR) is 114 cm³/mol. The lowest BCUT2D eigenvalue weighted by atomic mass is 10.1. The number of piperazine rings is 1. The summed E-state index contributed by atoms with van der Waals surface area (Å²) in [6.45, 7) is 4.09. The van der Waals surface area contributed by atoms with E-state index in [1.54, 1.807) is 17.0 Å². The predicted octanol–water partition coefficient (Wildman–Crippen LogP) is 3.09. The third-order valence-corrected chi connectivity index (χ3v) is 5.65. The van der Waals surface area contributed by atoms with Crippen molar-refractivity contribution in [3.05, 3.63) is 63.1 Å².